The van der Waals surface area contributed by atoms with Gasteiger partial charge in [-0.25, -0.2) is 9.59 Å². The SMILES string of the molecule is COC(=O)C(C)(O)Cn1ccn(C(C)C)c1=O. The summed E-state index contributed by atoms with van der Waals surface area (Å²) >= 11 is 0. The highest BCUT2D eigenvalue weighted by Gasteiger charge is 2.32. The van der Waals surface area contributed by atoms with Gasteiger partial charge >= 0.3 is 11.7 Å². The lowest BCUT2D eigenvalue weighted by atomic mass is 10.1. The Hall–Kier alpha value is -1.56. The summed E-state index contributed by atoms with van der Waals surface area (Å²) < 4.78 is 7.28. The van der Waals surface area contributed by atoms with E-state index >= 15 is 0 Å². The number of rotatable bonds is 4. The summed E-state index contributed by atoms with van der Waals surface area (Å²) in [6.07, 6.45) is 3.17. The van der Waals surface area contributed by atoms with Gasteiger partial charge in [-0.15, -0.1) is 0 Å². The molecule has 1 rings (SSSR count). The van der Waals surface area contributed by atoms with Gasteiger partial charge < -0.3 is 9.84 Å². The largest absolute Gasteiger partial charge is 0.467 e. The van der Waals surface area contributed by atoms with Crippen molar-refractivity contribution in [2.45, 2.75) is 39.0 Å². The fourth-order valence-electron chi connectivity index (χ4n) is 1.56. The molecule has 1 aromatic heterocycles. The average Bonchev–Trinajstić information content (AvgIpc) is 2.58. The van der Waals surface area contributed by atoms with E-state index in [1.807, 2.05) is 13.8 Å². The van der Waals surface area contributed by atoms with E-state index in [0.717, 1.165) is 0 Å². The molecule has 0 spiro atoms. The first kappa shape index (κ1) is 13.5. The van der Waals surface area contributed by atoms with Crippen LogP contribution in [0.15, 0.2) is 17.2 Å². The van der Waals surface area contributed by atoms with E-state index in [0.29, 0.717) is 0 Å². The van der Waals surface area contributed by atoms with Crippen molar-refractivity contribution in [1.82, 2.24) is 9.13 Å². The molecule has 1 unspecified atom stereocenters. The van der Waals surface area contributed by atoms with Gasteiger partial charge in [0.25, 0.3) is 0 Å². The van der Waals surface area contributed by atoms with E-state index in [1.54, 1.807) is 12.4 Å². The van der Waals surface area contributed by atoms with Crippen molar-refractivity contribution in [1.29, 1.82) is 0 Å². The lowest BCUT2D eigenvalue weighted by Gasteiger charge is -2.20. The number of aliphatic hydroxyl groups is 1. The number of nitrogens with zero attached hydrogens (tertiary/aromatic N) is 2. The highest BCUT2D eigenvalue weighted by atomic mass is 16.5. The van der Waals surface area contributed by atoms with Gasteiger partial charge in [0.1, 0.15) is 0 Å². The Bertz CT molecular complexity index is 456. The fourth-order valence-corrected chi connectivity index (χ4v) is 1.56. The van der Waals surface area contributed by atoms with Crippen molar-refractivity contribution < 1.29 is 14.6 Å². The normalized spacial score (nSPS) is 14.7. The van der Waals surface area contributed by atoms with Crippen LogP contribution in [-0.4, -0.2) is 32.9 Å². The predicted molar refractivity (Wildman–Crippen MR) is 61.7 cm³/mol. The van der Waals surface area contributed by atoms with E-state index in [4.69, 9.17) is 0 Å². The van der Waals surface area contributed by atoms with E-state index in [-0.39, 0.29) is 18.3 Å². The number of hydrogen-bond acceptors (Lipinski definition) is 4. The van der Waals surface area contributed by atoms with Crippen LogP contribution in [0.2, 0.25) is 0 Å². The Labute approximate surface area is 99.4 Å². The van der Waals surface area contributed by atoms with Crippen molar-refractivity contribution in [3.05, 3.63) is 22.9 Å². The molecule has 0 amide bonds. The van der Waals surface area contributed by atoms with Crippen LogP contribution in [0, 0.1) is 0 Å². The molecule has 0 aliphatic heterocycles. The number of esters is 1. The first-order chi connectivity index (χ1) is 7.79. The zero-order chi connectivity index (χ0) is 13.2. The van der Waals surface area contributed by atoms with E-state index < -0.39 is 11.6 Å². The molecule has 6 nitrogen and oxygen atoms in total. The van der Waals surface area contributed by atoms with Crippen LogP contribution in [0.3, 0.4) is 0 Å². The minimum Gasteiger partial charge on any atom is -0.467 e. The van der Waals surface area contributed by atoms with E-state index in [2.05, 4.69) is 4.74 Å². The lowest BCUT2D eigenvalue weighted by Crippen LogP contribution is -2.43. The molecule has 1 N–H and O–H groups in total. The molecular weight excluding hydrogens is 224 g/mol. The first-order valence-corrected chi connectivity index (χ1v) is 5.37. The Kier molecular flexibility index (Phi) is 3.77. The third kappa shape index (κ3) is 2.76. The maximum atomic E-state index is 11.9. The molecule has 6 heteroatoms. The monoisotopic (exact) mass is 242 g/mol. The van der Waals surface area contributed by atoms with E-state index in [9.17, 15) is 14.7 Å². The molecule has 0 radical (unpaired) electrons. The minimum absolute atomic E-state index is 0.0341. The summed E-state index contributed by atoms with van der Waals surface area (Å²) in [5.74, 6) is -0.762. The molecule has 0 saturated carbocycles. The Morgan fingerprint density at radius 1 is 1.53 bits per heavy atom. The summed E-state index contributed by atoms with van der Waals surface area (Å²) in [7, 11) is 1.19. The van der Waals surface area contributed by atoms with Crippen LogP contribution >= 0.6 is 0 Å². The van der Waals surface area contributed by atoms with Crippen molar-refractivity contribution in [3.8, 4) is 0 Å². The number of carbonyl (C=O) groups excluding carboxylic acids is 1. The number of methoxy groups -OCH3 is 1. The topological polar surface area (TPSA) is 73.5 Å². The Balaban J connectivity index is 2.97. The number of hydrogen-bond donors (Lipinski definition) is 1. The highest BCUT2D eigenvalue weighted by molar-refractivity contribution is 5.78. The van der Waals surface area contributed by atoms with Crippen LogP contribution in [0.4, 0.5) is 0 Å². The molecule has 96 valence electrons. The standard InChI is InChI=1S/C11H18N2O4/c1-8(2)13-6-5-12(10(13)15)7-11(3,16)9(14)17-4/h5-6,8,16H,7H2,1-4H3. The maximum absolute atomic E-state index is 11.9. The van der Waals surface area contributed by atoms with Crippen LogP contribution in [0.25, 0.3) is 0 Å². The van der Waals surface area contributed by atoms with Gasteiger partial charge in [0.05, 0.1) is 13.7 Å². The zero-order valence-electron chi connectivity index (χ0n) is 10.5. The molecule has 0 saturated heterocycles. The number of ether oxygens (including phenoxy) is 1. The number of imidazole rings is 1. The summed E-state index contributed by atoms with van der Waals surface area (Å²) in [5, 5.41) is 9.87. The smallest absolute Gasteiger partial charge is 0.339 e. The van der Waals surface area contributed by atoms with Gasteiger partial charge in [0.15, 0.2) is 5.60 Å². The quantitative estimate of drug-likeness (QED) is 0.763. The summed E-state index contributed by atoms with van der Waals surface area (Å²) in [6.45, 7) is 4.95. The van der Waals surface area contributed by atoms with Crippen molar-refractivity contribution in [2.75, 3.05) is 7.11 Å². The second-order valence-corrected chi connectivity index (χ2v) is 4.48. The summed E-state index contributed by atoms with van der Waals surface area (Å²) in [6, 6.07) is 0.0341. The van der Waals surface area contributed by atoms with Crippen LogP contribution < -0.4 is 5.69 Å². The average molecular weight is 242 g/mol. The van der Waals surface area contributed by atoms with Crippen LogP contribution in [0.5, 0.6) is 0 Å². The molecular formula is C11H18N2O4. The summed E-state index contributed by atoms with van der Waals surface area (Å²) in [5.41, 5.74) is -1.97. The van der Waals surface area contributed by atoms with Gasteiger partial charge in [0.2, 0.25) is 0 Å². The third-order valence-electron chi connectivity index (χ3n) is 2.53. The number of carbonyl (C=O) groups is 1. The lowest BCUT2D eigenvalue weighted by molar-refractivity contribution is -0.161. The number of aromatic nitrogens is 2. The minimum atomic E-state index is -1.71. The predicted octanol–water partition coefficient (Wildman–Crippen LogP) is 0.155. The molecule has 0 aromatic carbocycles. The molecule has 1 aromatic rings. The van der Waals surface area contributed by atoms with Crippen LogP contribution in [0.1, 0.15) is 26.8 Å². The molecule has 1 atom stereocenters. The van der Waals surface area contributed by atoms with Crippen molar-refractivity contribution in [2.24, 2.45) is 0 Å². The molecule has 0 bridgehead atoms. The van der Waals surface area contributed by atoms with Crippen molar-refractivity contribution in [3.63, 3.8) is 0 Å². The van der Waals surface area contributed by atoms with Crippen LogP contribution in [-0.2, 0) is 16.1 Å². The first-order valence-electron chi connectivity index (χ1n) is 5.37. The Morgan fingerprint density at radius 2 is 2.12 bits per heavy atom. The fraction of sp³-hybridized carbons (Fsp3) is 0.636. The van der Waals surface area contributed by atoms with Gasteiger partial charge in [0, 0.05) is 18.4 Å². The van der Waals surface area contributed by atoms with E-state index in [1.165, 1.54) is 23.2 Å². The second-order valence-electron chi connectivity index (χ2n) is 4.48. The molecule has 17 heavy (non-hydrogen) atoms. The van der Waals surface area contributed by atoms with Crippen molar-refractivity contribution >= 4 is 5.97 Å². The maximum Gasteiger partial charge on any atom is 0.339 e. The second kappa shape index (κ2) is 4.75. The molecule has 0 aliphatic rings. The highest BCUT2D eigenvalue weighted by Crippen LogP contribution is 2.09. The van der Waals surface area contributed by atoms with Gasteiger partial charge in [-0.2, -0.15) is 0 Å². The van der Waals surface area contributed by atoms with Gasteiger partial charge in [-0.1, -0.05) is 0 Å². The Morgan fingerprint density at radius 3 is 2.53 bits per heavy atom. The summed E-state index contributed by atoms with van der Waals surface area (Å²) in [4.78, 5) is 23.2. The molecule has 0 fully saturated rings. The molecule has 0 aliphatic carbocycles. The third-order valence-corrected chi connectivity index (χ3v) is 2.53. The zero-order valence-corrected chi connectivity index (χ0v) is 10.5. The molecule has 1 heterocycles. The van der Waals surface area contributed by atoms with Gasteiger partial charge in [-0.05, 0) is 20.8 Å². The van der Waals surface area contributed by atoms with Gasteiger partial charge in [-0.3, -0.25) is 9.13 Å².